The highest BCUT2D eigenvalue weighted by atomic mass is 16.5. The van der Waals surface area contributed by atoms with Crippen LogP contribution in [0.4, 0.5) is 0 Å². The lowest BCUT2D eigenvalue weighted by Gasteiger charge is -2.16. The number of methoxy groups -OCH3 is 1. The molecule has 0 amide bonds. The number of para-hydroxylation sites is 2. The van der Waals surface area contributed by atoms with Gasteiger partial charge in [0.2, 0.25) is 0 Å². The third-order valence-corrected chi connectivity index (χ3v) is 5.40. The SMILES string of the molecule is COc1ccc(OCCCCn2c(CN3CCCC3)nc3ccccc32)cc1. The molecule has 0 atom stereocenters. The Morgan fingerprint density at radius 3 is 2.46 bits per heavy atom. The monoisotopic (exact) mass is 379 g/mol. The molecule has 1 fully saturated rings. The number of nitrogens with zero attached hydrogens (tertiary/aromatic N) is 3. The highest BCUT2D eigenvalue weighted by Crippen LogP contribution is 2.21. The molecule has 3 aromatic rings. The standard InChI is InChI=1S/C23H29N3O2/c1-27-19-10-12-20(13-11-19)28-17-7-6-16-26-22-9-3-2-8-21(22)24-23(26)18-25-14-4-5-15-25/h2-3,8-13H,4-7,14-18H2,1H3. The van der Waals surface area contributed by atoms with Crippen LogP contribution < -0.4 is 9.47 Å². The van der Waals surface area contributed by atoms with Crippen molar-refractivity contribution in [3.05, 3.63) is 54.4 Å². The van der Waals surface area contributed by atoms with Crippen molar-refractivity contribution in [2.45, 2.75) is 38.8 Å². The predicted molar refractivity (Wildman–Crippen MR) is 112 cm³/mol. The van der Waals surface area contributed by atoms with Gasteiger partial charge in [0.05, 0.1) is 31.3 Å². The van der Waals surface area contributed by atoms with Gasteiger partial charge in [-0.05, 0) is 75.2 Å². The van der Waals surface area contributed by atoms with Gasteiger partial charge < -0.3 is 14.0 Å². The summed E-state index contributed by atoms with van der Waals surface area (Å²) in [5, 5.41) is 0. The van der Waals surface area contributed by atoms with Gasteiger partial charge in [-0.25, -0.2) is 4.98 Å². The van der Waals surface area contributed by atoms with Crippen molar-refractivity contribution in [3.8, 4) is 11.5 Å². The van der Waals surface area contributed by atoms with Gasteiger partial charge in [0, 0.05) is 6.54 Å². The highest BCUT2D eigenvalue weighted by Gasteiger charge is 2.17. The zero-order chi connectivity index (χ0) is 19.2. The number of aromatic nitrogens is 2. The Morgan fingerprint density at radius 1 is 0.929 bits per heavy atom. The first-order valence-corrected chi connectivity index (χ1v) is 10.3. The molecule has 0 radical (unpaired) electrons. The smallest absolute Gasteiger partial charge is 0.124 e. The molecule has 0 unspecified atom stereocenters. The van der Waals surface area contributed by atoms with Crippen LogP contribution >= 0.6 is 0 Å². The molecule has 0 aliphatic carbocycles. The van der Waals surface area contributed by atoms with Gasteiger partial charge in [-0.2, -0.15) is 0 Å². The Balaban J connectivity index is 1.34. The Labute approximate surface area is 166 Å². The minimum atomic E-state index is 0.723. The molecule has 1 aromatic heterocycles. The average Bonchev–Trinajstić information content (AvgIpc) is 3.36. The van der Waals surface area contributed by atoms with Crippen molar-refractivity contribution < 1.29 is 9.47 Å². The Morgan fingerprint density at radius 2 is 1.68 bits per heavy atom. The molecule has 1 saturated heterocycles. The lowest BCUT2D eigenvalue weighted by atomic mass is 10.3. The number of hydrogen-bond acceptors (Lipinski definition) is 4. The van der Waals surface area contributed by atoms with Gasteiger partial charge >= 0.3 is 0 Å². The number of unbranched alkanes of at least 4 members (excludes halogenated alkanes) is 1. The number of fused-ring (bicyclic) bond motifs is 1. The first-order valence-electron chi connectivity index (χ1n) is 10.3. The van der Waals surface area contributed by atoms with Crippen LogP contribution in [-0.4, -0.2) is 41.3 Å². The summed E-state index contributed by atoms with van der Waals surface area (Å²) in [4.78, 5) is 7.44. The molecule has 0 N–H and O–H groups in total. The second-order valence-electron chi connectivity index (χ2n) is 7.38. The topological polar surface area (TPSA) is 39.5 Å². The molecule has 28 heavy (non-hydrogen) atoms. The fourth-order valence-electron chi connectivity index (χ4n) is 3.87. The summed E-state index contributed by atoms with van der Waals surface area (Å²) in [7, 11) is 1.67. The van der Waals surface area contributed by atoms with Crippen molar-refractivity contribution in [1.82, 2.24) is 14.5 Å². The summed E-state index contributed by atoms with van der Waals surface area (Å²) in [6.07, 6.45) is 4.71. The van der Waals surface area contributed by atoms with Crippen LogP contribution in [0.25, 0.3) is 11.0 Å². The summed E-state index contributed by atoms with van der Waals surface area (Å²) in [5.41, 5.74) is 2.35. The second kappa shape index (κ2) is 9.11. The van der Waals surface area contributed by atoms with Gasteiger partial charge in [-0.15, -0.1) is 0 Å². The van der Waals surface area contributed by atoms with E-state index in [0.29, 0.717) is 0 Å². The van der Waals surface area contributed by atoms with E-state index in [1.54, 1.807) is 7.11 Å². The Bertz CT molecular complexity index is 883. The number of imidazole rings is 1. The van der Waals surface area contributed by atoms with Gasteiger partial charge in [-0.3, -0.25) is 4.90 Å². The molecule has 2 aromatic carbocycles. The van der Waals surface area contributed by atoms with Crippen LogP contribution in [-0.2, 0) is 13.1 Å². The van der Waals surface area contributed by atoms with Crippen LogP contribution in [0.2, 0.25) is 0 Å². The van der Waals surface area contributed by atoms with E-state index in [1.165, 1.54) is 37.3 Å². The molecule has 0 bridgehead atoms. The third-order valence-electron chi connectivity index (χ3n) is 5.40. The third kappa shape index (κ3) is 4.47. The van der Waals surface area contributed by atoms with Crippen molar-refractivity contribution in [3.63, 3.8) is 0 Å². The number of hydrogen-bond donors (Lipinski definition) is 0. The van der Waals surface area contributed by atoms with Crippen molar-refractivity contribution >= 4 is 11.0 Å². The quantitative estimate of drug-likeness (QED) is 0.513. The molecular weight excluding hydrogens is 350 g/mol. The van der Waals surface area contributed by atoms with E-state index in [9.17, 15) is 0 Å². The fourth-order valence-corrected chi connectivity index (χ4v) is 3.87. The number of aryl methyl sites for hydroxylation is 1. The minimum Gasteiger partial charge on any atom is -0.497 e. The normalized spacial score (nSPS) is 14.6. The first kappa shape index (κ1) is 18.8. The maximum absolute atomic E-state index is 5.86. The van der Waals surface area contributed by atoms with Gasteiger partial charge in [0.25, 0.3) is 0 Å². The summed E-state index contributed by atoms with van der Waals surface area (Å²) in [6, 6.07) is 16.2. The number of rotatable bonds is 9. The van der Waals surface area contributed by atoms with Gasteiger partial charge in [-0.1, -0.05) is 12.1 Å². The molecule has 5 nitrogen and oxygen atoms in total. The molecular formula is C23H29N3O2. The predicted octanol–water partition coefficient (Wildman–Crippen LogP) is 4.50. The molecule has 0 spiro atoms. The first-order chi connectivity index (χ1) is 13.8. The van der Waals surface area contributed by atoms with E-state index in [4.69, 9.17) is 14.5 Å². The molecule has 5 heteroatoms. The number of likely N-dealkylation sites (tertiary alicyclic amines) is 1. The van der Waals surface area contributed by atoms with E-state index < -0.39 is 0 Å². The largest absolute Gasteiger partial charge is 0.497 e. The fraction of sp³-hybridized carbons (Fsp3) is 0.435. The van der Waals surface area contributed by atoms with Crippen molar-refractivity contribution in [2.24, 2.45) is 0 Å². The van der Waals surface area contributed by atoms with Crippen LogP contribution in [0.5, 0.6) is 11.5 Å². The van der Waals surface area contributed by atoms with E-state index >= 15 is 0 Å². The maximum Gasteiger partial charge on any atom is 0.124 e. The Hall–Kier alpha value is -2.53. The van der Waals surface area contributed by atoms with E-state index in [1.807, 2.05) is 24.3 Å². The van der Waals surface area contributed by atoms with Crippen molar-refractivity contribution in [2.75, 3.05) is 26.8 Å². The zero-order valence-corrected chi connectivity index (χ0v) is 16.6. The number of benzene rings is 2. The maximum atomic E-state index is 5.86. The van der Waals surface area contributed by atoms with Crippen LogP contribution in [0, 0.1) is 0 Å². The number of ether oxygens (including phenoxy) is 2. The molecule has 4 rings (SSSR count). The van der Waals surface area contributed by atoms with Crippen LogP contribution in [0.3, 0.4) is 0 Å². The van der Waals surface area contributed by atoms with Crippen LogP contribution in [0.15, 0.2) is 48.5 Å². The molecule has 2 heterocycles. The van der Waals surface area contributed by atoms with Gasteiger partial charge in [0.15, 0.2) is 0 Å². The zero-order valence-electron chi connectivity index (χ0n) is 16.6. The summed E-state index contributed by atoms with van der Waals surface area (Å²) < 4.78 is 13.4. The highest BCUT2D eigenvalue weighted by molar-refractivity contribution is 5.75. The molecule has 148 valence electrons. The van der Waals surface area contributed by atoms with E-state index in [-0.39, 0.29) is 0 Å². The van der Waals surface area contributed by atoms with Crippen LogP contribution in [0.1, 0.15) is 31.5 Å². The molecule has 1 aliphatic rings. The lowest BCUT2D eigenvalue weighted by Crippen LogP contribution is -2.21. The Kier molecular flexibility index (Phi) is 6.12. The van der Waals surface area contributed by atoms with E-state index in [0.717, 1.165) is 49.6 Å². The molecule has 0 saturated carbocycles. The van der Waals surface area contributed by atoms with E-state index in [2.05, 4.69) is 33.7 Å². The summed E-state index contributed by atoms with van der Waals surface area (Å²) >= 11 is 0. The average molecular weight is 380 g/mol. The second-order valence-corrected chi connectivity index (χ2v) is 7.38. The van der Waals surface area contributed by atoms with Crippen molar-refractivity contribution in [1.29, 1.82) is 0 Å². The minimum absolute atomic E-state index is 0.723. The summed E-state index contributed by atoms with van der Waals surface area (Å²) in [6.45, 7) is 5.05. The molecule has 1 aliphatic heterocycles. The summed E-state index contributed by atoms with van der Waals surface area (Å²) in [5.74, 6) is 2.94. The lowest BCUT2D eigenvalue weighted by molar-refractivity contribution is 0.298. The van der Waals surface area contributed by atoms with Gasteiger partial charge in [0.1, 0.15) is 17.3 Å².